The molecular weight excluding hydrogens is 298 g/mol. The van der Waals surface area contributed by atoms with E-state index in [1.807, 2.05) is 30.3 Å². The third kappa shape index (κ3) is 2.61. The van der Waals surface area contributed by atoms with Crippen molar-refractivity contribution in [1.29, 1.82) is 5.26 Å². The van der Waals surface area contributed by atoms with Crippen LogP contribution in [0.3, 0.4) is 0 Å². The molecule has 0 bridgehead atoms. The van der Waals surface area contributed by atoms with E-state index in [1.165, 1.54) is 18.5 Å². The van der Waals surface area contributed by atoms with Crippen molar-refractivity contribution in [2.75, 3.05) is 18.1 Å². The van der Waals surface area contributed by atoms with Crippen LogP contribution in [0.4, 0.5) is 5.69 Å². The SMILES string of the molecule is N#Cc1ccc(N2CCCCN2Cc2ccn[nH]2)c2ccccc12. The number of hydrazine groups is 1. The van der Waals surface area contributed by atoms with Gasteiger partial charge in [-0.05, 0) is 31.0 Å². The van der Waals surface area contributed by atoms with Crippen molar-refractivity contribution in [2.24, 2.45) is 0 Å². The van der Waals surface area contributed by atoms with Gasteiger partial charge in [-0.1, -0.05) is 24.3 Å². The number of aromatic nitrogens is 2. The minimum Gasteiger partial charge on any atom is -0.305 e. The Bertz CT molecular complexity index is 878. The summed E-state index contributed by atoms with van der Waals surface area (Å²) in [4.78, 5) is 0. The molecule has 1 aliphatic rings. The summed E-state index contributed by atoms with van der Waals surface area (Å²) in [6.45, 7) is 2.83. The summed E-state index contributed by atoms with van der Waals surface area (Å²) in [6, 6.07) is 16.5. The number of nitrogens with one attached hydrogen (secondary N) is 1. The van der Waals surface area contributed by atoms with Crippen LogP contribution in [0.25, 0.3) is 10.8 Å². The molecule has 0 unspecified atom stereocenters. The molecule has 2 aromatic carbocycles. The number of benzene rings is 2. The molecule has 0 aliphatic carbocycles. The second-order valence-electron chi connectivity index (χ2n) is 6.09. The van der Waals surface area contributed by atoms with Gasteiger partial charge in [0.25, 0.3) is 0 Å². The van der Waals surface area contributed by atoms with E-state index in [1.54, 1.807) is 6.20 Å². The Morgan fingerprint density at radius 3 is 2.67 bits per heavy atom. The van der Waals surface area contributed by atoms with E-state index in [0.29, 0.717) is 0 Å². The highest BCUT2D eigenvalue weighted by molar-refractivity contribution is 5.97. The van der Waals surface area contributed by atoms with Gasteiger partial charge in [-0.25, -0.2) is 5.01 Å². The standard InChI is InChI=1S/C19H19N5/c20-13-15-7-8-19(18-6-2-1-5-17(15)18)24-12-4-3-11-23(24)14-16-9-10-21-22-16/h1-2,5-10H,3-4,11-12,14H2,(H,21,22). The fraction of sp³-hybridized carbons (Fsp3) is 0.263. The molecule has 0 saturated carbocycles. The van der Waals surface area contributed by atoms with Crippen LogP contribution >= 0.6 is 0 Å². The van der Waals surface area contributed by atoms with Gasteiger partial charge < -0.3 is 5.01 Å². The van der Waals surface area contributed by atoms with Crippen LogP contribution in [0.2, 0.25) is 0 Å². The zero-order chi connectivity index (χ0) is 16.4. The number of hydrogen-bond donors (Lipinski definition) is 1. The van der Waals surface area contributed by atoms with Crippen molar-refractivity contribution in [3.63, 3.8) is 0 Å². The van der Waals surface area contributed by atoms with E-state index in [2.05, 4.69) is 38.4 Å². The second-order valence-corrected chi connectivity index (χ2v) is 6.09. The quantitative estimate of drug-likeness (QED) is 0.804. The minimum absolute atomic E-state index is 0.728. The van der Waals surface area contributed by atoms with Crippen molar-refractivity contribution >= 4 is 16.5 Å². The van der Waals surface area contributed by atoms with E-state index in [0.717, 1.165) is 41.7 Å². The van der Waals surface area contributed by atoms with Gasteiger partial charge in [0.15, 0.2) is 0 Å². The predicted molar refractivity (Wildman–Crippen MR) is 94.2 cm³/mol. The molecule has 0 atom stereocenters. The van der Waals surface area contributed by atoms with Crippen LogP contribution in [0.1, 0.15) is 24.1 Å². The van der Waals surface area contributed by atoms with Gasteiger partial charge in [0.1, 0.15) is 0 Å². The lowest BCUT2D eigenvalue weighted by molar-refractivity contribution is 0.202. The van der Waals surface area contributed by atoms with Crippen molar-refractivity contribution < 1.29 is 0 Å². The summed E-state index contributed by atoms with van der Waals surface area (Å²) in [7, 11) is 0. The lowest BCUT2D eigenvalue weighted by atomic mass is 10.0. The first-order valence-corrected chi connectivity index (χ1v) is 8.29. The summed E-state index contributed by atoms with van der Waals surface area (Å²) in [5, 5.41) is 23.3. The first kappa shape index (κ1) is 14.7. The number of H-pyrrole nitrogens is 1. The molecule has 0 amide bonds. The van der Waals surface area contributed by atoms with Gasteiger partial charge in [0.2, 0.25) is 0 Å². The summed E-state index contributed by atoms with van der Waals surface area (Å²) in [5.41, 5.74) is 3.01. The molecule has 5 nitrogen and oxygen atoms in total. The molecule has 24 heavy (non-hydrogen) atoms. The van der Waals surface area contributed by atoms with Gasteiger partial charge in [-0.3, -0.25) is 5.10 Å². The van der Waals surface area contributed by atoms with E-state index in [4.69, 9.17) is 0 Å². The molecular formula is C19H19N5. The lowest BCUT2D eigenvalue weighted by Gasteiger charge is -2.40. The zero-order valence-electron chi connectivity index (χ0n) is 13.4. The molecule has 3 aromatic rings. The van der Waals surface area contributed by atoms with Crippen LogP contribution in [0.15, 0.2) is 48.7 Å². The summed E-state index contributed by atoms with van der Waals surface area (Å²) >= 11 is 0. The fourth-order valence-electron chi connectivity index (χ4n) is 3.43. The number of hydrogen-bond acceptors (Lipinski definition) is 4. The van der Waals surface area contributed by atoms with Crippen LogP contribution < -0.4 is 5.01 Å². The predicted octanol–water partition coefficient (Wildman–Crippen LogP) is 3.45. The maximum absolute atomic E-state index is 9.37. The molecule has 4 rings (SSSR count). The van der Waals surface area contributed by atoms with E-state index >= 15 is 0 Å². The third-order valence-electron chi connectivity index (χ3n) is 4.59. The largest absolute Gasteiger partial charge is 0.305 e. The molecule has 1 N–H and O–H groups in total. The monoisotopic (exact) mass is 317 g/mol. The van der Waals surface area contributed by atoms with E-state index < -0.39 is 0 Å². The summed E-state index contributed by atoms with van der Waals surface area (Å²) in [5.74, 6) is 0. The maximum Gasteiger partial charge on any atom is 0.0998 e. The first-order chi connectivity index (χ1) is 11.9. The van der Waals surface area contributed by atoms with Crippen molar-refractivity contribution in [1.82, 2.24) is 15.2 Å². The summed E-state index contributed by atoms with van der Waals surface area (Å²) < 4.78 is 0. The molecule has 1 aliphatic heterocycles. The molecule has 1 saturated heterocycles. The normalized spacial score (nSPS) is 15.5. The number of fused-ring (bicyclic) bond motifs is 1. The number of aromatic amines is 1. The Labute approximate surface area is 141 Å². The van der Waals surface area contributed by atoms with E-state index in [9.17, 15) is 5.26 Å². The van der Waals surface area contributed by atoms with Gasteiger partial charge in [0, 0.05) is 30.1 Å². The average Bonchev–Trinajstić information content (AvgIpc) is 3.14. The highest BCUT2D eigenvalue weighted by atomic mass is 15.6. The number of nitrogens with zero attached hydrogens (tertiary/aromatic N) is 4. The topological polar surface area (TPSA) is 59.0 Å². The molecule has 0 spiro atoms. The number of nitriles is 1. The summed E-state index contributed by atoms with van der Waals surface area (Å²) in [6.07, 6.45) is 4.16. The molecule has 5 heteroatoms. The molecule has 0 radical (unpaired) electrons. The van der Waals surface area contributed by atoms with Crippen LogP contribution in [-0.4, -0.2) is 28.3 Å². The third-order valence-corrected chi connectivity index (χ3v) is 4.59. The Kier molecular flexibility index (Phi) is 3.89. The van der Waals surface area contributed by atoms with Crippen molar-refractivity contribution in [3.8, 4) is 6.07 Å². The van der Waals surface area contributed by atoms with Gasteiger partial charge in [-0.15, -0.1) is 0 Å². The average molecular weight is 317 g/mol. The smallest absolute Gasteiger partial charge is 0.0998 e. The van der Waals surface area contributed by atoms with Gasteiger partial charge in [0.05, 0.1) is 29.6 Å². The van der Waals surface area contributed by atoms with Crippen LogP contribution in [-0.2, 0) is 6.54 Å². The first-order valence-electron chi connectivity index (χ1n) is 8.29. The molecule has 2 heterocycles. The number of rotatable bonds is 3. The van der Waals surface area contributed by atoms with E-state index in [-0.39, 0.29) is 0 Å². The Hall–Kier alpha value is -2.84. The van der Waals surface area contributed by atoms with Gasteiger partial charge in [-0.2, -0.15) is 10.4 Å². The Balaban J connectivity index is 1.76. The van der Waals surface area contributed by atoms with Crippen LogP contribution in [0.5, 0.6) is 0 Å². The lowest BCUT2D eigenvalue weighted by Crippen LogP contribution is -2.47. The van der Waals surface area contributed by atoms with Crippen molar-refractivity contribution in [2.45, 2.75) is 19.4 Å². The molecule has 120 valence electrons. The highest BCUT2D eigenvalue weighted by Gasteiger charge is 2.22. The highest BCUT2D eigenvalue weighted by Crippen LogP contribution is 2.32. The number of anilines is 1. The van der Waals surface area contributed by atoms with Gasteiger partial charge >= 0.3 is 0 Å². The molecule has 1 fully saturated rings. The second kappa shape index (κ2) is 6.34. The van der Waals surface area contributed by atoms with Crippen molar-refractivity contribution in [3.05, 3.63) is 59.9 Å². The zero-order valence-corrected chi connectivity index (χ0v) is 13.4. The maximum atomic E-state index is 9.37. The Morgan fingerprint density at radius 1 is 1.04 bits per heavy atom. The minimum atomic E-state index is 0.728. The Morgan fingerprint density at radius 2 is 1.88 bits per heavy atom. The van der Waals surface area contributed by atoms with Crippen LogP contribution in [0, 0.1) is 11.3 Å². The molecule has 1 aromatic heterocycles. The fourth-order valence-corrected chi connectivity index (χ4v) is 3.43.